The third kappa shape index (κ3) is 3.12. The molecule has 0 aliphatic heterocycles. The molecule has 0 bridgehead atoms. The van der Waals surface area contributed by atoms with Crippen LogP contribution in [0.2, 0.25) is 0 Å². The summed E-state index contributed by atoms with van der Waals surface area (Å²) in [7, 11) is 3.16. The first-order valence-corrected chi connectivity index (χ1v) is 6.75. The quantitative estimate of drug-likeness (QED) is 0.865. The van der Waals surface area contributed by atoms with Crippen molar-refractivity contribution in [2.24, 2.45) is 5.41 Å². The largest absolute Gasteiger partial charge is 0.493 e. The summed E-state index contributed by atoms with van der Waals surface area (Å²) in [6.07, 6.45) is 1.75. The van der Waals surface area contributed by atoms with Crippen LogP contribution in [-0.2, 0) is 11.2 Å². The van der Waals surface area contributed by atoms with E-state index < -0.39 is 5.41 Å². The standard InChI is InChI=1S/C16H20N2O3/c1-16(2,3)15(19)8-12-10-6-13(20-4)14(21-5)7-11(10)17-9-18-12/h6-7,9H,8H2,1-5H3. The number of ketones is 1. The highest BCUT2D eigenvalue weighted by Gasteiger charge is 2.23. The van der Waals surface area contributed by atoms with Crippen molar-refractivity contribution in [2.45, 2.75) is 27.2 Å². The van der Waals surface area contributed by atoms with Crippen molar-refractivity contribution < 1.29 is 14.3 Å². The minimum absolute atomic E-state index is 0.136. The maximum absolute atomic E-state index is 12.2. The van der Waals surface area contributed by atoms with E-state index in [4.69, 9.17) is 9.47 Å². The normalized spacial score (nSPS) is 11.5. The molecule has 1 aromatic carbocycles. The topological polar surface area (TPSA) is 61.3 Å². The summed E-state index contributed by atoms with van der Waals surface area (Å²) in [5.41, 5.74) is 1.05. The van der Waals surface area contributed by atoms with Crippen LogP contribution < -0.4 is 9.47 Å². The summed E-state index contributed by atoms with van der Waals surface area (Å²) in [6.45, 7) is 5.72. The Morgan fingerprint density at radius 2 is 1.71 bits per heavy atom. The zero-order valence-electron chi connectivity index (χ0n) is 13.1. The van der Waals surface area contributed by atoms with Crippen LogP contribution in [0, 0.1) is 5.41 Å². The first-order valence-electron chi connectivity index (χ1n) is 6.75. The summed E-state index contributed by atoms with van der Waals surface area (Å²) in [4.78, 5) is 20.7. The first kappa shape index (κ1) is 15.2. The molecule has 0 spiro atoms. The third-order valence-electron chi connectivity index (χ3n) is 3.39. The number of carbonyl (C=O) groups excluding carboxylic acids is 1. The maximum Gasteiger partial charge on any atom is 0.162 e. The van der Waals surface area contributed by atoms with E-state index in [9.17, 15) is 4.79 Å². The van der Waals surface area contributed by atoms with Gasteiger partial charge in [0, 0.05) is 23.3 Å². The average Bonchev–Trinajstić information content (AvgIpc) is 2.45. The van der Waals surface area contributed by atoms with E-state index in [0.29, 0.717) is 17.2 Å². The lowest BCUT2D eigenvalue weighted by Gasteiger charge is -2.17. The van der Waals surface area contributed by atoms with Gasteiger partial charge in [-0.05, 0) is 6.07 Å². The number of methoxy groups -OCH3 is 2. The number of ether oxygens (including phenoxy) is 2. The second kappa shape index (κ2) is 5.68. The number of hydrogen-bond donors (Lipinski definition) is 0. The predicted octanol–water partition coefficient (Wildman–Crippen LogP) is 2.80. The number of rotatable bonds is 4. The highest BCUT2D eigenvalue weighted by molar-refractivity contribution is 5.91. The van der Waals surface area contributed by atoms with Crippen LogP contribution >= 0.6 is 0 Å². The highest BCUT2D eigenvalue weighted by Crippen LogP contribution is 2.32. The van der Waals surface area contributed by atoms with Crippen LogP contribution in [0.4, 0.5) is 0 Å². The number of carbonyl (C=O) groups is 1. The molecule has 0 fully saturated rings. The fourth-order valence-electron chi connectivity index (χ4n) is 1.99. The van der Waals surface area contributed by atoms with Gasteiger partial charge >= 0.3 is 0 Å². The van der Waals surface area contributed by atoms with Gasteiger partial charge in [-0.25, -0.2) is 9.97 Å². The second-order valence-corrected chi connectivity index (χ2v) is 5.89. The molecule has 1 aromatic heterocycles. The Balaban J connectivity index is 2.52. The fourth-order valence-corrected chi connectivity index (χ4v) is 1.99. The molecule has 0 saturated heterocycles. The lowest BCUT2D eigenvalue weighted by atomic mass is 9.87. The van der Waals surface area contributed by atoms with E-state index >= 15 is 0 Å². The molecule has 21 heavy (non-hydrogen) atoms. The smallest absolute Gasteiger partial charge is 0.162 e. The molecule has 1 heterocycles. The molecule has 0 aliphatic carbocycles. The summed E-state index contributed by atoms with van der Waals surface area (Å²) in [5, 5.41) is 0.813. The van der Waals surface area contributed by atoms with Crippen LogP contribution in [0.1, 0.15) is 26.5 Å². The fraction of sp³-hybridized carbons (Fsp3) is 0.438. The molecular formula is C16H20N2O3. The predicted molar refractivity (Wildman–Crippen MR) is 80.8 cm³/mol. The molecule has 5 nitrogen and oxygen atoms in total. The van der Waals surface area contributed by atoms with E-state index in [0.717, 1.165) is 10.9 Å². The van der Waals surface area contributed by atoms with E-state index in [1.165, 1.54) is 6.33 Å². The number of benzene rings is 1. The van der Waals surface area contributed by atoms with E-state index in [-0.39, 0.29) is 12.2 Å². The number of nitrogens with zero attached hydrogens (tertiary/aromatic N) is 2. The van der Waals surface area contributed by atoms with Crippen LogP contribution in [0.5, 0.6) is 11.5 Å². The number of fused-ring (bicyclic) bond motifs is 1. The molecule has 0 saturated carbocycles. The van der Waals surface area contributed by atoms with Gasteiger partial charge in [-0.15, -0.1) is 0 Å². The van der Waals surface area contributed by atoms with Crippen molar-refractivity contribution in [3.05, 3.63) is 24.2 Å². The molecule has 112 valence electrons. The molecule has 0 unspecified atom stereocenters. The van der Waals surface area contributed by atoms with Gasteiger partial charge < -0.3 is 9.47 Å². The molecule has 0 aliphatic rings. The molecule has 0 atom stereocenters. The minimum atomic E-state index is -0.395. The molecule has 5 heteroatoms. The number of aromatic nitrogens is 2. The van der Waals surface area contributed by atoms with Crippen molar-refractivity contribution in [1.82, 2.24) is 9.97 Å². The van der Waals surface area contributed by atoms with Gasteiger partial charge in [-0.2, -0.15) is 0 Å². The van der Waals surface area contributed by atoms with Gasteiger partial charge in [0.1, 0.15) is 12.1 Å². The molecule has 0 amide bonds. The summed E-state index contributed by atoms with van der Waals surface area (Å²) in [5.74, 6) is 1.35. The Hall–Kier alpha value is -2.17. The molecule has 2 aromatic rings. The summed E-state index contributed by atoms with van der Waals surface area (Å²) < 4.78 is 10.6. The van der Waals surface area contributed by atoms with Crippen molar-refractivity contribution in [2.75, 3.05) is 14.2 Å². The summed E-state index contributed by atoms with van der Waals surface area (Å²) in [6, 6.07) is 3.61. The van der Waals surface area contributed by atoms with E-state index in [1.54, 1.807) is 20.3 Å². The second-order valence-electron chi connectivity index (χ2n) is 5.89. The zero-order valence-corrected chi connectivity index (χ0v) is 13.1. The van der Waals surface area contributed by atoms with Gasteiger partial charge in [0.05, 0.1) is 25.4 Å². The van der Waals surface area contributed by atoms with Crippen molar-refractivity contribution in [3.63, 3.8) is 0 Å². The zero-order chi connectivity index (χ0) is 15.6. The molecule has 0 radical (unpaired) electrons. The minimum Gasteiger partial charge on any atom is -0.493 e. The van der Waals surface area contributed by atoms with Gasteiger partial charge in [-0.3, -0.25) is 4.79 Å². The summed E-state index contributed by atoms with van der Waals surface area (Å²) >= 11 is 0. The Morgan fingerprint density at radius 3 is 2.29 bits per heavy atom. The highest BCUT2D eigenvalue weighted by atomic mass is 16.5. The van der Waals surface area contributed by atoms with Crippen LogP contribution in [0.15, 0.2) is 18.5 Å². The van der Waals surface area contributed by atoms with Crippen LogP contribution in [0.25, 0.3) is 10.9 Å². The molecule has 0 N–H and O–H groups in total. The van der Waals surface area contributed by atoms with Gasteiger partial charge in [0.25, 0.3) is 0 Å². The van der Waals surface area contributed by atoms with Gasteiger partial charge in [-0.1, -0.05) is 20.8 Å². The Labute approximate surface area is 124 Å². The Kier molecular flexibility index (Phi) is 4.11. The lowest BCUT2D eigenvalue weighted by Crippen LogP contribution is -2.22. The Bertz CT molecular complexity index is 675. The van der Waals surface area contributed by atoms with Crippen LogP contribution in [0.3, 0.4) is 0 Å². The number of hydrogen-bond acceptors (Lipinski definition) is 5. The SMILES string of the molecule is COc1cc2ncnc(CC(=O)C(C)(C)C)c2cc1OC. The lowest BCUT2D eigenvalue weighted by molar-refractivity contribution is -0.125. The first-order chi connectivity index (χ1) is 9.86. The van der Waals surface area contributed by atoms with E-state index in [2.05, 4.69) is 9.97 Å². The van der Waals surface area contributed by atoms with Gasteiger partial charge in [0.15, 0.2) is 11.5 Å². The Morgan fingerprint density at radius 1 is 1.10 bits per heavy atom. The maximum atomic E-state index is 12.2. The third-order valence-corrected chi connectivity index (χ3v) is 3.39. The van der Waals surface area contributed by atoms with Crippen LogP contribution in [-0.4, -0.2) is 30.0 Å². The molecule has 2 rings (SSSR count). The van der Waals surface area contributed by atoms with Crippen molar-refractivity contribution in [1.29, 1.82) is 0 Å². The van der Waals surface area contributed by atoms with Crippen molar-refractivity contribution in [3.8, 4) is 11.5 Å². The molecular weight excluding hydrogens is 268 g/mol. The van der Waals surface area contributed by atoms with Crippen molar-refractivity contribution >= 4 is 16.7 Å². The average molecular weight is 288 g/mol. The monoisotopic (exact) mass is 288 g/mol. The van der Waals surface area contributed by atoms with Gasteiger partial charge in [0.2, 0.25) is 0 Å². The van der Waals surface area contributed by atoms with E-state index in [1.807, 2.05) is 26.8 Å². The number of Topliss-reactive ketones (excluding diaryl/α,β-unsaturated/α-hetero) is 1.